The fourth-order valence-electron chi connectivity index (χ4n) is 5.98. The monoisotopic (exact) mass is 882 g/mol. The second-order valence-electron chi connectivity index (χ2n) is 14.5. The van der Waals surface area contributed by atoms with Crippen LogP contribution in [0.3, 0.4) is 0 Å². The molecule has 0 amide bonds. The predicted molar refractivity (Wildman–Crippen MR) is 212 cm³/mol. The summed E-state index contributed by atoms with van der Waals surface area (Å²) in [4.78, 5) is 23.7. The number of fused-ring (bicyclic) bond motifs is 3. The molecule has 0 saturated carbocycles. The molecule has 0 aliphatic rings. The number of ketones is 1. The Morgan fingerprint density at radius 1 is 0.840 bits per heavy atom. The molecule has 4 nitrogen and oxygen atoms in total. The van der Waals surface area contributed by atoms with E-state index in [9.17, 15) is 9.90 Å². The number of nitrogens with zero attached hydrogens (tertiary/aromatic N) is 2. The summed E-state index contributed by atoms with van der Waals surface area (Å²) in [6.07, 6.45) is 6.44. The van der Waals surface area contributed by atoms with Crippen LogP contribution in [0.15, 0.2) is 84.2 Å². The predicted octanol–water partition coefficient (Wildman–Crippen LogP) is 13.1. The van der Waals surface area contributed by atoms with Crippen molar-refractivity contribution < 1.29 is 30.0 Å². The van der Waals surface area contributed by atoms with Crippen LogP contribution in [0.25, 0.3) is 52.8 Å². The molecule has 0 aliphatic carbocycles. The Hall–Kier alpha value is -3.22. The molecule has 0 atom stereocenters. The average molecular weight is 882 g/mol. The Morgan fingerprint density at radius 2 is 1.52 bits per heavy atom. The van der Waals surface area contributed by atoms with Crippen LogP contribution in [-0.4, -0.2) is 20.9 Å². The number of aliphatic hydroxyl groups excluding tert-OH is 1. The van der Waals surface area contributed by atoms with Gasteiger partial charge in [0.1, 0.15) is 16.9 Å². The molecule has 3 aromatic heterocycles. The van der Waals surface area contributed by atoms with Gasteiger partial charge in [0.2, 0.25) is 0 Å². The van der Waals surface area contributed by atoms with Crippen molar-refractivity contribution in [3.05, 3.63) is 95.8 Å². The van der Waals surface area contributed by atoms with Gasteiger partial charge >= 0.3 is 0 Å². The second kappa shape index (κ2) is 16.0. The minimum atomic E-state index is -0.337. The van der Waals surface area contributed by atoms with Crippen molar-refractivity contribution >= 4 is 59.5 Å². The van der Waals surface area contributed by atoms with Gasteiger partial charge in [-0.1, -0.05) is 104 Å². The molecule has 6 aromatic rings. The number of hydrogen-bond donors (Lipinski definition) is 1. The summed E-state index contributed by atoms with van der Waals surface area (Å²) in [5, 5.41) is 17.0. The quantitative estimate of drug-likeness (QED) is 0.0893. The topological polar surface area (TPSA) is 63.1 Å². The molecular formula is C43H49IrN2O2S2-. The summed E-state index contributed by atoms with van der Waals surface area (Å²) in [5.74, 6) is 0.286. The normalized spacial score (nSPS) is 12.5. The Bertz CT molecular complexity index is 2130. The van der Waals surface area contributed by atoms with Crippen LogP contribution < -0.4 is 0 Å². The van der Waals surface area contributed by atoms with E-state index in [2.05, 4.69) is 97.9 Å². The summed E-state index contributed by atoms with van der Waals surface area (Å²) in [5.41, 5.74) is 3.93. The Balaban J connectivity index is 0.000000269. The SMILES string of the molecule is CC(C)(C)c1cc(-c2ncnc3sc(-c4ccc5ccsc5c4)cc23)[c-]c2ccccc12.CCC(C)(CC)C(=O)/C=C(\O)C(C)(CC)CC.[Ir]. The van der Waals surface area contributed by atoms with E-state index in [1.54, 1.807) is 29.0 Å². The van der Waals surface area contributed by atoms with Gasteiger partial charge in [-0.05, 0) is 65.6 Å². The smallest absolute Gasteiger partial charge is 0.164 e. The van der Waals surface area contributed by atoms with Crippen LogP contribution in [-0.2, 0) is 30.3 Å². The summed E-state index contributed by atoms with van der Waals surface area (Å²) >= 11 is 3.50. The number of aliphatic hydroxyl groups is 1. The number of rotatable bonds is 9. The molecule has 1 radical (unpaired) electrons. The van der Waals surface area contributed by atoms with E-state index >= 15 is 0 Å². The molecule has 1 N–H and O–H groups in total. The molecule has 0 bridgehead atoms. The first-order valence-electron chi connectivity index (χ1n) is 17.4. The fraction of sp³-hybridized carbons (Fsp3) is 0.372. The van der Waals surface area contributed by atoms with Crippen molar-refractivity contribution in [3.8, 4) is 21.7 Å². The average Bonchev–Trinajstić information content (AvgIpc) is 3.77. The first-order valence-corrected chi connectivity index (χ1v) is 19.1. The van der Waals surface area contributed by atoms with Crippen molar-refractivity contribution in [1.29, 1.82) is 0 Å². The molecule has 0 spiro atoms. The van der Waals surface area contributed by atoms with Crippen molar-refractivity contribution in [2.45, 2.75) is 93.4 Å². The van der Waals surface area contributed by atoms with E-state index in [0.29, 0.717) is 0 Å². The third kappa shape index (κ3) is 8.12. The van der Waals surface area contributed by atoms with Gasteiger partial charge in [-0.25, -0.2) is 4.98 Å². The standard InChI is InChI=1S/C28H21N2S2.C15H28O2.Ir/c1-28(2,3)23-13-20(12-18-6-4-5-7-21(18)23)26-22-15-25(32-27(22)30-16-29-26)19-9-8-17-10-11-31-24(17)14-19;1-7-14(5,8-2)12(16)11-13(17)15(6,9-3)10-4;/h4-11,13-16H,1-3H3;11,16H,7-10H2,1-6H3;/q-1;;/b;12-11-;. The van der Waals surface area contributed by atoms with Crippen molar-refractivity contribution in [2.75, 3.05) is 0 Å². The molecular weight excluding hydrogens is 833 g/mol. The maximum absolute atomic E-state index is 12.2. The molecule has 0 aliphatic heterocycles. The number of carbonyl (C=O) groups is 1. The molecule has 6 rings (SSSR count). The van der Waals surface area contributed by atoms with Crippen LogP contribution in [0.2, 0.25) is 0 Å². The summed E-state index contributed by atoms with van der Waals surface area (Å²) in [6, 6.07) is 25.5. The van der Waals surface area contributed by atoms with Crippen molar-refractivity contribution in [2.24, 2.45) is 10.8 Å². The van der Waals surface area contributed by atoms with E-state index in [1.807, 2.05) is 41.5 Å². The van der Waals surface area contributed by atoms with Crippen molar-refractivity contribution in [3.63, 3.8) is 0 Å². The van der Waals surface area contributed by atoms with Crippen LogP contribution in [0, 0.1) is 16.9 Å². The van der Waals surface area contributed by atoms with E-state index in [4.69, 9.17) is 4.98 Å². The summed E-state index contributed by atoms with van der Waals surface area (Å²) in [6.45, 7) is 18.9. The number of benzene rings is 3. The maximum atomic E-state index is 12.2. The van der Waals surface area contributed by atoms with E-state index < -0.39 is 0 Å². The minimum Gasteiger partial charge on any atom is -0.512 e. The number of carbonyl (C=O) groups excluding carboxylic acids is 1. The zero-order chi connectivity index (χ0) is 35.6. The zero-order valence-corrected chi connectivity index (χ0v) is 34.8. The van der Waals surface area contributed by atoms with E-state index in [0.717, 1.165) is 52.5 Å². The molecule has 50 heavy (non-hydrogen) atoms. The van der Waals surface area contributed by atoms with Gasteiger partial charge in [0.15, 0.2) is 5.78 Å². The van der Waals surface area contributed by atoms with Crippen LogP contribution in [0.5, 0.6) is 0 Å². The third-order valence-electron chi connectivity index (χ3n) is 10.5. The van der Waals surface area contributed by atoms with Crippen LogP contribution in [0.1, 0.15) is 93.6 Å². The number of aromatic nitrogens is 2. The van der Waals surface area contributed by atoms with E-state index in [1.165, 1.54) is 37.6 Å². The second-order valence-corrected chi connectivity index (χ2v) is 16.5. The first kappa shape index (κ1) is 39.6. The molecule has 0 unspecified atom stereocenters. The number of thiophene rings is 2. The largest absolute Gasteiger partial charge is 0.512 e. The molecule has 3 heterocycles. The van der Waals surface area contributed by atoms with Crippen LogP contribution in [0.4, 0.5) is 0 Å². The van der Waals surface area contributed by atoms with Gasteiger partial charge in [0.25, 0.3) is 0 Å². The fourth-order valence-corrected chi connectivity index (χ4v) is 7.81. The summed E-state index contributed by atoms with van der Waals surface area (Å²) in [7, 11) is 0. The van der Waals surface area contributed by atoms with Gasteiger partial charge in [-0.2, -0.15) is 0 Å². The molecule has 265 valence electrons. The minimum absolute atomic E-state index is 0. The number of hydrogen-bond acceptors (Lipinski definition) is 6. The first-order chi connectivity index (χ1) is 23.3. The number of allylic oxidation sites excluding steroid dienone is 2. The zero-order valence-electron chi connectivity index (χ0n) is 30.7. The summed E-state index contributed by atoms with van der Waals surface area (Å²) < 4.78 is 1.31. The van der Waals surface area contributed by atoms with Crippen molar-refractivity contribution in [1.82, 2.24) is 9.97 Å². The molecule has 0 saturated heterocycles. The van der Waals surface area contributed by atoms with E-state index in [-0.39, 0.29) is 47.9 Å². The van der Waals surface area contributed by atoms with Crippen LogP contribution >= 0.6 is 22.7 Å². The Labute approximate surface area is 319 Å². The molecule has 3 aromatic carbocycles. The Kier molecular flexibility index (Phi) is 12.6. The van der Waals surface area contributed by atoms with Gasteiger partial charge in [-0.15, -0.1) is 51.8 Å². The van der Waals surface area contributed by atoms with Gasteiger partial charge in [0.05, 0.1) is 0 Å². The van der Waals surface area contributed by atoms with Gasteiger partial charge in [-0.3, -0.25) is 9.78 Å². The third-order valence-corrected chi connectivity index (χ3v) is 12.5. The molecule has 0 fully saturated rings. The van der Waals surface area contributed by atoms with Gasteiger partial charge in [0, 0.05) is 57.7 Å². The maximum Gasteiger partial charge on any atom is 0.164 e. The Morgan fingerprint density at radius 3 is 2.18 bits per heavy atom. The molecule has 7 heteroatoms. The van der Waals surface area contributed by atoms with Gasteiger partial charge < -0.3 is 5.11 Å².